The standard InChI is InChI=1S/C5H9NO2.CH4O/c7-5-6-1-3-8-4-2-6;1-2/h5H,1-4H2;2H,1H3. The van der Waals surface area contributed by atoms with Gasteiger partial charge in [0.25, 0.3) is 0 Å². The summed E-state index contributed by atoms with van der Waals surface area (Å²) >= 11 is 0. The number of hydrogen-bond acceptors (Lipinski definition) is 3. The number of rotatable bonds is 1. The van der Waals surface area contributed by atoms with Gasteiger partial charge in [0, 0.05) is 20.2 Å². The number of amides is 1. The van der Waals surface area contributed by atoms with Crippen molar-refractivity contribution in [3.63, 3.8) is 0 Å². The average Bonchev–Trinajstić information content (AvgIpc) is 2.10. The largest absolute Gasteiger partial charge is 0.400 e. The molecule has 0 spiro atoms. The molecule has 0 bridgehead atoms. The summed E-state index contributed by atoms with van der Waals surface area (Å²) in [4.78, 5) is 11.7. The molecule has 1 aliphatic rings. The van der Waals surface area contributed by atoms with E-state index in [1.807, 2.05) is 0 Å². The third-order valence-corrected chi connectivity index (χ3v) is 1.19. The molecule has 60 valence electrons. The first-order chi connectivity index (χ1) is 4.93. The molecule has 0 aromatic heterocycles. The molecule has 0 aromatic carbocycles. The van der Waals surface area contributed by atoms with Gasteiger partial charge in [-0.15, -0.1) is 0 Å². The molecule has 0 radical (unpaired) electrons. The number of aliphatic hydroxyl groups excluding tert-OH is 1. The Morgan fingerprint density at radius 2 is 1.90 bits per heavy atom. The van der Waals surface area contributed by atoms with Crippen LogP contribution in [0.5, 0.6) is 0 Å². The van der Waals surface area contributed by atoms with Crippen LogP contribution >= 0.6 is 0 Å². The molecule has 0 aliphatic carbocycles. The van der Waals surface area contributed by atoms with Gasteiger partial charge in [-0.2, -0.15) is 0 Å². The van der Waals surface area contributed by atoms with Crippen molar-refractivity contribution in [2.45, 2.75) is 0 Å². The van der Waals surface area contributed by atoms with Gasteiger partial charge in [-0.3, -0.25) is 4.79 Å². The molecule has 1 rings (SSSR count). The van der Waals surface area contributed by atoms with E-state index < -0.39 is 0 Å². The van der Waals surface area contributed by atoms with Crippen LogP contribution in [0.25, 0.3) is 0 Å². The predicted octanol–water partition coefficient (Wildman–Crippen LogP) is -0.917. The fourth-order valence-corrected chi connectivity index (χ4v) is 0.683. The van der Waals surface area contributed by atoms with Crippen LogP contribution in [0.15, 0.2) is 0 Å². The Morgan fingerprint density at radius 3 is 2.20 bits per heavy atom. The number of carbonyl (C=O) groups is 1. The second kappa shape index (κ2) is 6.51. The number of ether oxygens (including phenoxy) is 1. The van der Waals surface area contributed by atoms with Gasteiger partial charge in [0.15, 0.2) is 0 Å². The minimum absolute atomic E-state index is 0.693. The maximum Gasteiger partial charge on any atom is 0.209 e. The maximum absolute atomic E-state index is 10.0. The summed E-state index contributed by atoms with van der Waals surface area (Å²) in [6.07, 6.45) is 0.864. The zero-order valence-electron chi connectivity index (χ0n) is 6.12. The molecule has 1 amide bonds. The fraction of sp³-hybridized carbons (Fsp3) is 0.833. The second-order valence-corrected chi connectivity index (χ2v) is 1.75. The monoisotopic (exact) mass is 147 g/mol. The van der Waals surface area contributed by atoms with Crippen molar-refractivity contribution in [2.75, 3.05) is 33.4 Å². The van der Waals surface area contributed by atoms with E-state index in [1.165, 1.54) is 0 Å². The molecule has 10 heavy (non-hydrogen) atoms. The molecule has 0 aromatic rings. The van der Waals surface area contributed by atoms with Crippen LogP contribution in [-0.2, 0) is 9.53 Å². The van der Waals surface area contributed by atoms with E-state index in [2.05, 4.69) is 0 Å². The molecule has 1 N–H and O–H groups in total. The Morgan fingerprint density at radius 1 is 1.40 bits per heavy atom. The van der Waals surface area contributed by atoms with Crippen LogP contribution in [0.2, 0.25) is 0 Å². The van der Waals surface area contributed by atoms with Gasteiger partial charge in [0.2, 0.25) is 6.41 Å². The van der Waals surface area contributed by atoms with Gasteiger partial charge >= 0.3 is 0 Å². The number of morpholine rings is 1. The summed E-state index contributed by atoms with van der Waals surface area (Å²) in [6, 6.07) is 0. The first-order valence-corrected chi connectivity index (χ1v) is 3.15. The molecule has 0 atom stereocenters. The van der Waals surface area contributed by atoms with Gasteiger partial charge in [-0.1, -0.05) is 0 Å². The molecular weight excluding hydrogens is 134 g/mol. The van der Waals surface area contributed by atoms with E-state index >= 15 is 0 Å². The Labute approximate surface area is 60.4 Å². The highest BCUT2D eigenvalue weighted by Crippen LogP contribution is 1.90. The van der Waals surface area contributed by atoms with E-state index in [0.717, 1.165) is 26.6 Å². The minimum Gasteiger partial charge on any atom is -0.400 e. The lowest BCUT2D eigenvalue weighted by atomic mass is 10.5. The number of carbonyl (C=O) groups excluding carboxylic acids is 1. The molecule has 1 saturated heterocycles. The highest BCUT2D eigenvalue weighted by atomic mass is 16.5. The van der Waals surface area contributed by atoms with Gasteiger partial charge in [-0.25, -0.2) is 0 Å². The van der Waals surface area contributed by atoms with E-state index in [0.29, 0.717) is 13.2 Å². The first-order valence-electron chi connectivity index (χ1n) is 3.15. The summed E-state index contributed by atoms with van der Waals surface area (Å²) in [5.41, 5.74) is 0. The number of aliphatic hydroxyl groups is 1. The number of hydrogen-bond donors (Lipinski definition) is 1. The summed E-state index contributed by atoms with van der Waals surface area (Å²) in [5.74, 6) is 0. The maximum atomic E-state index is 10.0. The van der Waals surface area contributed by atoms with Gasteiger partial charge in [-0.05, 0) is 0 Å². The highest BCUT2D eigenvalue weighted by molar-refractivity contribution is 5.46. The van der Waals surface area contributed by atoms with Crippen molar-refractivity contribution < 1.29 is 14.6 Å². The molecule has 4 nitrogen and oxygen atoms in total. The van der Waals surface area contributed by atoms with E-state index in [4.69, 9.17) is 9.84 Å². The molecule has 0 unspecified atom stereocenters. The lowest BCUT2D eigenvalue weighted by molar-refractivity contribution is -0.121. The summed E-state index contributed by atoms with van der Waals surface area (Å²) < 4.78 is 5.00. The highest BCUT2D eigenvalue weighted by Gasteiger charge is 2.05. The van der Waals surface area contributed by atoms with Crippen molar-refractivity contribution >= 4 is 6.41 Å². The van der Waals surface area contributed by atoms with Gasteiger partial charge in [0.05, 0.1) is 13.2 Å². The van der Waals surface area contributed by atoms with Crippen molar-refractivity contribution in [3.8, 4) is 0 Å². The first kappa shape index (κ1) is 9.39. The smallest absolute Gasteiger partial charge is 0.209 e. The molecule has 1 aliphatic heterocycles. The molecular formula is C6H13NO3. The van der Waals surface area contributed by atoms with Crippen LogP contribution in [0, 0.1) is 0 Å². The van der Waals surface area contributed by atoms with Crippen LogP contribution in [-0.4, -0.2) is 49.8 Å². The summed E-state index contributed by atoms with van der Waals surface area (Å²) in [6.45, 7) is 2.89. The lowest BCUT2D eigenvalue weighted by Gasteiger charge is -2.21. The van der Waals surface area contributed by atoms with Crippen molar-refractivity contribution in [1.29, 1.82) is 0 Å². The zero-order valence-corrected chi connectivity index (χ0v) is 6.12. The summed E-state index contributed by atoms with van der Waals surface area (Å²) in [7, 11) is 1.00. The minimum atomic E-state index is 0.693. The van der Waals surface area contributed by atoms with Crippen molar-refractivity contribution in [2.24, 2.45) is 0 Å². The fourth-order valence-electron chi connectivity index (χ4n) is 0.683. The van der Waals surface area contributed by atoms with Crippen molar-refractivity contribution in [1.82, 2.24) is 4.90 Å². The van der Waals surface area contributed by atoms with Crippen LogP contribution in [0.3, 0.4) is 0 Å². The third kappa shape index (κ3) is 3.42. The van der Waals surface area contributed by atoms with Gasteiger partial charge < -0.3 is 14.7 Å². The van der Waals surface area contributed by atoms with Crippen LogP contribution in [0.4, 0.5) is 0 Å². The quantitative estimate of drug-likeness (QED) is 0.488. The Balaban J connectivity index is 0.000000371. The third-order valence-electron chi connectivity index (χ3n) is 1.19. The molecule has 1 heterocycles. The average molecular weight is 147 g/mol. The molecule has 4 heteroatoms. The van der Waals surface area contributed by atoms with E-state index in [-0.39, 0.29) is 0 Å². The zero-order chi connectivity index (χ0) is 7.82. The number of nitrogens with zero attached hydrogens (tertiary/aromatic N) is 1. The Bertz CT molecular complexity index is 81.1. The van der Waals surface area contributed by atoms with E-state index in [1.54, 1.807) is 4.90 Å². The lowest BCUT2D eigenvalue weighted by Crippen LogP contribution is -2.34. The van der Waals surface area contributed by atoms with Crippen LogP contribution in [0.1, 0.15) is 0 Å². The second-order valence-electron chi connectivity index (χ2n) is 1.75. The molecule has 1 fully saturated rings. The normalized spacial score (nSPS) is 17.2. The van der Waals surface area contributed by atoms with Gasteiger partial charge in [0.1, 0.15) is 0 Å². The molecule has 0 saturated carbocycles. The van der Waals surface area contributed by atoms with Crippen molar-refractivity contribution in [3.05, 3.63) is 0 Å². The topological polar surface area (TPSA) is 49.8 Å². The van der Waals surface area contributed by atoms with E-state index in [9.17, 15) is 4.79 Å². The van der Waals surface area contributed by atoms with Crippen LogP contribution < -0.4 is 0 Å². The Kier molecular flexibility index (Phi) is 6.11. The summed E-state index contributed by atoms with van der Waals surface area (Å²) in [5, 5.41) is 7.00. The predicted molar refractivity (Wildman–Crippen MR) is 36.6 cm³/mol. The SMILES string of the molecule is CO.O=CN1CCOCC1. The Hall–Kier alpha value is -0.610.